The lowest BCUT2D eigenvalue weighted by Crippen LogP contribution is -2.45. The molecule has 3 fully saturated rings. The van der Waals surface area contributed by atoms with Gasteiger partial charge in [0.05, 0.1) is 45.3 Å². The number of hydrogen-bond donors (Lipinski definition) is 1. The first-order valence-electron chi connectivity index (χ1n) is 19.6. The molecule has 3 aromatic carbocycles. The number of carbonyl (C=O) groups is 6. The fraction of sp³-hybridized carbons (Fsp3) is 0.395. The van der Waals surface area contributed by atoms with Crippen LogP contribution >= 0.6 is 0 Å². The van der Waals surface area contributed by atoms with E-state index in [-0.39, 0.29) is 17.5 Å². The summed E-state index contributed by atoms with van der Waals surface area (Å²) in [4.78, 5) is 92.4. The number of nitro groups is 1. The van der Waals surface area contributed by atoms with Gasteiger partial charge in [-0.25, -0.2) is 29.1 Å². The van der Waals surface area contributed by atoms with Gasteiger partial charge in [0.15, 0.2) is 0 Å². The van der Waals surface area contributed by atoms with Crippen molar-refractivity contribution in [1.82, 2.24) is 15.1 Å². The Hall–Kier alpha value is -7.35. The number of amides is 9. The van der Waals surface area contributed by atoms with Gasteiger partial charge in [-0.2, -0.15) is 23.7 Å². The zero-order valence-electron chi connectivity index (χ0n) is 35.7. The van der Waals surface area contributed by atoms with Gasteiger partial charge in [0.1, 0.15) is 22.2 Å². The molecular weight excluding hydrogens is 828 g/mol. The summed E-state index contributed by atoms with van der Waals surface area (Å²) in [6, 6.07) is 14.2. The smallest absolute Gasteiger partial charge is 0.323 e. The molecule has 0 bridgehead atoms. The van der Waals surface area contributed by atoms with Crippen LogP contribution in [-0.2, 0) is 20.6 Å². The maximum Gasteiger partial charge on any atom is 0.423 e. The van der Waals surface area contributed by atoms with Crippen LogP contribution in [0, 0.1) is 46.6 Å². The van der Waals surface area contributed by atoms with Gasteiger partial charge < -0.3 is 15.1 Å². The Balaban J connectivity index is 0.000000286. The Labute approximate surface area is 360 Å². The number of rotatable bonds is 10. The number of hydrogen-bond acceptors (Lipinski definition) is 10. The van der Waals surface area contributed by atoms with Gasteiger partial charge in [-0.15, -0.1) is 0 Å². The number of nitrogens with zero attached hydrogens (tertiary/aromatic N) is 8. The van der Waals surface area contributed by atoms with E-state index in [0.717, 1.165) is 6.07 Å². The molecule has 17 nitrogen and oxygen atoms in total. The molecule has 0 spiro atoms. The van der Waals surface area contributed by atoms with E-state index in [2.05, 4.69) is 17.5 Å². The lowest BCUT2D eigenvalue weighted by Gasteiger charge is -2.29. The number of nitrogens with one attached hydrogen (secondary N) is 1. The quantitative estimate of drug-likeness (QED) is 0.0917. The number of carbonyl (C=O) groups excluding carboxylic acids is 6. The van der Waals surface area contributed by atoms with Crippen LogP contribution in [0.3, 0.4) is 0 Å². The lowest BCUT2D eigenvalue weighted by molar-refractivity contribution is -0.388. The van der Waals surface area contributed by atoms with Gasteiger partial charge in [-0.3, -0.25) is 24.5 Å². The zero-order valence-corrected chi connectivity index (χ0v) is 35.7. The number of urea groups is 3. The first kappa shape index (κ1) is 46.7. The molecule has 9 amide bonds. The highest BCUT2D eigenvalue weighted by atomic mass is 19.4. The zero-order chi connectivity index (χ0) is 47.1. The number of imide groups is 3. The molecule has 0 atom stereocenters. The van der Waals surface area contributed by atoms with Crippen molar-refractivity contribution >= 4 is 58.6 Å². The third kappa shape index (κ3) is 8.61. The minimum Gasteiger partial charge on any atom is -0.323 e. The van der Waals surface area contributed by atoms with Crippen molar-refractivity contribution in [2.24, 2.45) is 0 Å². The highest BCUT2D eigenvalue weighted by molar-refractivity contribution is 6.24. The first-order chi connectivity index (χ1) is 29.2. The van der Waals surface area contributed by atoms with E-state index in [0.29, 0.717) is 83.0 Å². The number of anilines is 3. The monoisotopic (exact) mass is 871 g/mol. The number of alkyl halides is 3. The highest BCUT2D eigenvalue weighted by Crippen LogP contribution is 2.40. The van der Waals surface area contributed by atoms with Crippen LogP contribution in [0.15, 0.2) is 54.6 Å². The molecule has 20 heteroatoms. The minimum absolute atomic E-state index is 0.326. The van der Waals surface area contributed by atoms with E-state index in [9.17, 15) is 62.6 Å². The molecule has 3 aliphatic rings. The minimum atomic E-state index is -4.99. The maximum absolute atomic E-state index is 13.3. The van der Waals surface area contributed by atoms with Crippen LogP contribution in [0.4, 0.5) is 50.3 Å². The Morgan fingerprint density at radius 1 is 0.651 bits per heavy atom. The molecule has 0 aromatic heterocycles. The Morgan fingerprint density at radius 2 is 1.06 bits per heavy atom. The summed E-state index contributed by atoms with van der Waals surface area (Å²) in [5.41, 5.74) is -3.16. The largest absolute Gasteiger partial charge is 0.423 e. The van der Waals surface area contributed by atoms with E-state index in [1.807, 2.05) is 0 Å². The number of aryl methyl sites for hydroxylation is 2. The Bertz CT molecular complexity index is 2430. The van der Waals surface area contributed by atoms with Crippen LogP contribution in [0.2, 0.25) is 0 Å². The van der Waals surface area contributed by atoms with Crippen molar-refractivity contribution in [2.45, 2.75) is 97.4 Å². The molecule has 330 valence electrons. The predicted molar refractivity (Wildman–Crippen MR) is 221 cm³/mol. The molecule has 3 saturated heterocycles. The number of nitriles is 2. The van der Waals surface area contributed by atoms with Crippen LogP contribution in [0.1, 0.15) is 88.6 Å². The van der Waals surface area contributed by atoms with Crippen LogP contribution in [-0.4, -0.2) is 80.2 Å². The molecule has 3 aliphatic heterocycles. The van der Waals surface area contributed by atoms with Crippen LogP contribution in [0.25, 0.3) is 0 Å². The van der Waals surface area contributed by atoms with Gasteiger partial charge in [-0.05, 0) is 134 Å². The van der Waals surface area contributed by atoms with E-state index in [4.69, 9.17) is 0 Å². The molecule has 63 heavy (non-hydrogen) atoms. The second kappa shape index (κ2) is 16.8. The third-order valence-electron chi connectivity index (χ3n) is 11.2. The van der Waals surface area contributed by atoms with Crippen LogP contribution in [0.5, 0.6) is 0 Å². The van der Waals surface area contributed by atoms with Crippen molar-refractivity contribution in [3.8, 4) is 12.1 Å². The summed E-state index contributed by atoms with van der Waals surface area (Å²) < 4.78 is 38.7. The van der Waals surface area contributed by atoms with Crippen molar-refractivity contribution in [3.63, 3.8) is 0 Å². The fourth-order valence-electron chi connectivity index (χ4n) is 7.45. The summed E-state index contributed by atoms with van der Waals surface area (Å²) in [6.07, 6.45) is -3.10. The van der Waals surface area contributed by atoms with Gasteiger partial charge in [-0.1, -0.05) is 0 Å². The van der Waals surface area contributed by atoms with E-state index < -0.39 is 63.0 Å². The van der Waals surface area contributed by atoms with Gasteiger partial charge in [0.25, 0.3) is 23.4 Å². The van der Waals surface area contributed by atoms with Crippen LogP contribution < -0.4 is 20.0 Å². The fourth-order valence-corrected chi connectivity index (χ4v) is 7.45. The number of halogens is 3. The van der Waals surface area contributed by atoms with Crippen molar-refractivity contribution < 1.29 is 46.9 Å². The lowest BCUT2D eigenvalue weighted by atomic mass is 10.0. The number of nitro benzene ring substituents is 1. The maximum atomic E-state index is 13.3. The Kier molecular flexibility index (Phi) is 12.5. The molecule has 6 rings (SSSR count). The molecule has 0 unspecified atom stereocenters. The van der Waals surface area contributed by atoms with E-state index in [1.54, 1.807) is 87.7 Å². The molecule has 0 saturated carbocycles. The molecule has 1 N–H and O–H groups in total. The summed E-state index contributed by atoms with van der Waals surface area (Å²) in [7, 11) is 0. The molecule has 3 heterocycles. The highest BCUT2D eigenvalue weighted by Gasteiger charge is 2.53. The first-order valence-corrected chi connectivity index (χ1v) is 19.6. The summed E-state index contributed by atoms with van der Waals surface area (Å²) in [5, 5.41) is 31.4. The SMILES string of the molecule is CC1(C)NC(=O)N(c2ccc([N+](=O)[O-])c(C(F)(F)F)c2)C1=O.Cc1cc(N2C(=O)N(CCCCCN3C(=O)N(c4ccc(C#N)c(C)c4)C(=O)C3(C)C)C(C)(C)C2=O)ccc1C#N. The van der Waals surface area contributed by atoms with E-state index >= 15 is 0 Å². The number of unbranched alkanes of at least 4 members (excludes halogenated alkanes) is 2. The topological polar surface area (TPSA) is 221 Å². The Morgan fingerprint density at radius 3 is 1.41 bits per heavy atom. The van der Waals surface area contributed by atoms with Crippen molar-refractivity contribution in [2.75, 3.05) is 27.8 Å². The molecule has 3 aromatic rings. The average molecular weight is 872 g/mol. The third-order valence-corrected chi connectivity index (χ3v) is 11.2. The van der Waals surface area contributed by atoms with Gasteiger partial charge in [0, 0.05) is 19.2 Å². The van der Waals surface area contributed by atoms with Crippen molar-refractivity contribution in [3.05, 3.63) is 92.5 Å². The molecule has 0 aliphatic carbocycles. The average Bonchev–Trinajstić information content (AvgIpc) is 3.59. The predicted octanol–water partition coefficient (Wildman–Crippen LogP) is 7.46. The van der Waals surface area contributed by atoms with Crippen molar-refractivity contribution in [1.29, 1.82) is 10.5 Å². The second-order valence-corrected chi connectivity index (χ2v) is 16.7. The second-order valence-electron chi connectivity index (χ2n) is 16.7. The number of benzene rings is 3. The summed E-state index contributed by atoms with van der Waals surface area (Å²) in [6.45, 7) is 13.9. The standard InChI is InChI=1S/C31H34N6O4.C12H10F3N3O4/c1-20-16-24(12-10-22(20)18-32)36-26(38)30(3,4)34(28(36)40)14-8-7-9-15-35-29(41)37(27(39)31(35,5)6)25-13-11-23(19-33)21(2)17-25;1-11(2)9(19)17(10(20)16-11)6-3-4-8(18(21)22)7(5-6)12(13,14)15/h10-13,16-17H,7-9,14-15H2,1-6H3;3-5H,1-2H3,(H,16,20). The molecule has 0 radical (unpaired) electrons. The van der Waals surface area contributed by atoms with Gasteiger partial charge >= 0.3 is 24.3 Å². The van der Waals surface area contributed by atoms with Gasteiger partial charge in [0.2, 0.25) is 0 Å². The molecular formula is C43H44F3N9O8. The summed E-state index contributed by atoms with van der Waals surface area (Å²) >= 11 is 0. The normalized spacial score (nSPS) is 17.8. The summed E-state index contributed by atoms with van der Waals surface area (Å²) in [5.74, 6) is -1.40. The van der Waals surface area contributed by atoms with E-state index in [1.165, 1.54) is 23.6 Å².